The smallest absolute Gasteiger partial charge is 0.135 e. The molecule has 252 valence electrons. The number of fused-ring (bicyclic) bond motifs is 11. The van der Waals surface area contributed by atoms with Crippen molar-refractivity contribution in [1.82, 2.24) is 0 Å². The van der Waals surface area contributed by atoms with Crippen LogP contribution in [0.3, 0.4) is 0 Å². The highest BCUT2D eigenvalue weighted by Gasteiger charge is 2.36. The molecule has 2 aromatic heterocycles. The van der Waals surface area contributed by atoms with Crippen molar-refractivity contribution in [2.24, 2.45) is 0 Å². The molecule has 0 radical (unpaired) electrons. The number of aryl methyl sites for hydroxylation is 1. The van der Waals surface area contributed by atoms with E-state index in [0.717, 1.165) is 11.3 Å². The summed E-state index contributed by atoms with van der Waals surface area (Å²) in [5, 5.41) is 11.6. The largest absolute Gasteiger partial charge is 0.456 e. The van der Waals surface area contributed by atoms with Crippen molar-refractivity contribution in [3.63, 3.8) is 0 Å². The highest BCUT2D eigenvalue weighted by atomic mass is 32.1. The van der Waals surface area contributed by atoms with Gasteiger partial charge in [0.1, 0.15) is 11.3 Å². The van der Waals surface area contributed by atoms with Crippen LogP contribution < -0.4 is 0 Å². The minimum atomic E-state index is -0.103. The van der Waals surface area contributed by atoms with Gasteiger partial charge in [0.2, 0.25) is 0 Å². The Morgan fingerprint density at radius 2 is 1.23 bits per heavy atom. The summed E-state index contributed by atoms with van der Waals surface area (Å²) in [4.78, 5) is 0. The molecule has 0 unspecified atom stereocenters. The molecule has 1 nitrogen and oxygen atoms in total. The van der Waals surface area contributed by atoms with Crippen LogP contribution >= 0.6 is 11.3 Å². The summed E-state index contributed by atoms with van der Waals surface area (Å²) < 4.78 is 9.08. The summed E-state index contributed by atoms with van der Waals surface area (Å²) in [5.74, 6) is 0.918. The second-order valence-electron chi connectivity index (χ2n) is 15.3. The maximum Gasteiger partial charge on any atom is 0.135 e. The highest BCUT2D eigenvalue weighted by molar-refractivity contribution is 7.26. The molecule has 0 amide bonds. The zero-order chi connectivity index (χ0) is 35.6. The Morgan fingerprint density at radius 3 is 1.96 bits per heavy atom. The molecule has 53 heavy (non-hydrogen) atoms. The van der Waals surface area contributed by atoms with Gasteiger partial charge in [0.05, 0.1) is 0 Å². The SMILES string of the molecule is C/C(=C\c1oc2ccccc2c1C)c1c2ccccc2c(-c2ccc3c(c2)-c2cc4c(ccc5sc6ccccc6c54)cc2C3(C)C)c2ccccc12. The van der Waals surface area contributed by atoms with Crippen LogP contribution in [-0.4, -0.2) is 0 Å². The van der Waals surface area contributed by atoms with Gasteiger partial charge in [-0.1, -0.05) is 117 Å². The fourth-order valence-corrected chi connectivity index (χ4v) is 10.5. The molecule has 1 aliphatic rings. The first kappa shape index (κ1) is 30.6. The molecule has 10 aromatic rings. The first-order valence-electron chi connectivity index (χ1n) is 18.5. The minimum Gasteiger partial charge on any atom is -0.456 e. The van der Waals surface area contributed by atoms with E-state index in [-0.39, 0.29) is 5.41 Å². The summed E-state index contributed by atoms with van der Waals surface area (Å²) in [6.07, 6.45) is 2.23. The third kappa shape index (κ3) is 4.30. The molecular formula is C51H36OS. The lowest BCUT2D eigenvalue weighted by molar-refractivity contribution is 0.601. The Hall–Kier alpha value is -5.96. The van der Waals surface area contributed by atoms with Gasteiger partial charge in [-0.15, -0.1) is 11.3 Å². The first-order chi connectivity index (χ1) is 25.9. The van der Waals surface area contributed by atoms with Crippen molar-refractivity contribution in [3.8, 4) is 22.3 Å². The van der Waals surface area contributed by atoms with Crippen LogP contribution in [0, 0.1) is 6.92 Å². The van der Waals surface area contributed by atoms with Gasteiger partial charge in [0.15, 0.2) is 0 Å². The van der Waals surface area contributed by atoms with Crippen LogP contribution in [0.15, 0.2) is 144 Å². The average molecular weight is 697 g/mol. The van der Waals surface area contributed by atoms with E-state index in [1.54, 1.807) is 0 Å². The molecule has 2 heterocycles. The average Bonchev–Trinajstić information content (AvgIpc) is 3.79. The number of furan rings is 1. The molecule has 0 aliphatic heterocycles. The Bertz CT molecular complexity index is 3160. The lowest BCUT2D eigenvalue weighted by atomic mass is 9.81. The number of para-hydroxylation sites is 1. The number of hydrogen-bond acceptors (Lipinski definition) is 2. The third-order valence-corrected chi connectivity index (χ3v) is 13.1. The van der Waals surface area contributed by atoms with Gasteiger partial charge in [-0.2, -0.15) is 0 Å². The van der Waals surface area contributed by atoms with E-state index in [2.05, 4.69) is 167 Å². The molecule has 1 aliphatic carbocycles. The van der Waals surface area contributed by atoms with E-state index in [1.807, 2.05) is 17.4 Å². The van der Waals surface area contributed by atoms with Gasteiger partial charge in [-0.3, -0.25) is 0 Å². The van der Waals surface area contributed by atoms with Gasteiger partial charge in [-0.05, 0) is 133 Å². The van der Waals surface area contributed by atoms with Crippen molar-refractivity contribution in [2.75, 3.05) is 0 Å². The predicted octanol–water partition coefficient (Wildman–Crippen LogP) is 15.1. The second kappa shape index (κ2) is 11.0. The van der Waals surface area contributed by atoms with Crippen LogP contribution in [-0.2, 0) is 5.41 Å². The van der Waals surface area contributed by atoms with Gasteiger partial charge < -0.3 is 4.42 Å². The van der Waals surface area contributed by atoms with Gasteiger partial charge in [0, 0.05) is 36.5 Å². The van der Waals surface area contributed by atoms with Crippen molar-refractivity contribution >= 4 is 86.4 Å². The molecular weight excluding hydrogens is 661 g/mol. The molecule has 0 spiro atoms. The molecule has 8 aromatic carbocycles. The van der Waals surface area contributed by atoms with Crippen molar-refractivity contribution in [2.45, 2.75) is 33.1 Å². The number of rotatable bonds is 3. The maximum absolute atomic E-state index is 6.39. The molecule has 0 N–H and O–H groups in total. The Kier molecular flexibility index (Phi) is 6.38. The van der Waals surface area contributed by atoms with E-state index in [1.165, 1.54) is 108 Å². The Morgan fingerprint density at radius 1 is 0.585 bits per heavy atom. The second-order valence-corrected chi connectivity index (χ2v) is 16.4. The third-order valence-electron chi connectivity index (χ3n) is 12.0. The topological polar surface area (TPSA) is 13.1 Å². The van der Waals surface area contributed by atoms with Crippen LogP contribution in [0.2, 0.25) is 0 Å². The quantitative estimate of drug-likeness (QED) is 0.168. The molecule has 11 rings (SSSR count). The van der Waals surface area contributed by atoms with Crippen LogP contribution in [0.4, 0.5) is 0 Å². The van der Waals surface area contributed by atoms with E-state index in [9.17, 15) is 0 Å². The standard InChI is InChI=1S/C51H36OS/c1-29(25-45-30(2)33-13-9-11-19-44(33)52-45)48-34-14-5-7-16-36(34)49(37-17-8-6-15-35(37)48)32-21-23-42-40(26-32)41-28-39-31(27-43(41)51(42,3)4)22-24-47-50(39)38-18-10-12-20-46(38)53-47/h5-28H,1-4H3/b29-25+. The predicted molar refractivity (Wildman–Crippen MR) is 229 cm³/mol. The molecule has 2 heteroatoms. The number of hydrogen-bond donors (Lipinski definition) is 0. The fourth-order valence-electron chi connectivity index (χ4n) is 9.41. The molecule has 0 saturated heterocycles. The maximum atomic E-state index is 6.39. The van der Waals surface area contributed by atoms with Crippen molar-refractivity contribution in [1.29, 1.82) is 0 Å². The van der Waals surface area contributed by atoms with E-state index >= 15 is 0 Å². The summed E-state index contributed by atoms with van der Waals surface area (Å²) in [6, 6.07) is 51.9. The lowest BCUT2D eigenvalue weighted by Gasteiger charge is -2.22. The lowest BCUT2D eigenvalue weighted by Crippen LogP contribution is -2.14. The molecule has 0 saturated carbocycles. The van der Waals surface area contributed by atoms with Gasteiger partial charge in [0.25, 0.3) is 0 Å². The number of thiophene rings is 1. The van der Waals surface area contributed by atoms with E-state index in [4.69, 9.17) is 4.42 Å². The minimum absolute atomic E-state index is 0.103. The molecule has 0 atom stereocenters. The van der Waals surface area contributed by atoms with Gasteiger partial charge in [-0.25, -0.2) is 0 Å². The molecule has 0 fully saturated rings. The zero-order valence-electron chi connectivity index (χ0n) is 30.2. The van der Waals surface area contributed by atoms with Crippen LogP contribution in [0.5, 0.6) is 0 Å². The summed E-state index contributed by atoms with van der Waals surface area (Å²) >= 11 is 1.89. The summed E-state index contributed by atoms with van der Waals surface area (Å²) in [5.41, 5.74) is 12.5. The Labute approximate surface area is 312 Å². The monoisotopic (exact) mass is 696 g/mol. The summed E-state index contributed by atoms with van der Waals surface area (Å²) in [6.45, 7) is 9.17. The zero-order valence-corrected chi connectivity index (χ0v) is 31.0. The molecule has 0 bridgehead atoms. The van der Waals surface area contributed by atoms with Crippen molar-refractivity contribution < 1.29 is 4.42 Å². The first-order valence-corrected chi connectivity index (χ1v) is 19.3. The van der Waals surface area contributed by atoms with Crippen LogP contribution in [0.1, 0.15) is 48.8 Å². The summed E-state index contributed by atoms with van der Waals surface area (Å²) in [7, 11) is 0. The van der Waals surface area contributed by atoms with E-state index in [0.29, 0.717) is 0 Å². The normalized spacial score (nSPS) is 13.9. The van der Waals surface area contributed by atoms with Crippen LogP contribution in [0.25, 0.3) is 97.4 Å². The van der Waals surface area contributed by atoms with E-state index < -0.39 is 0 Å². The highest BCUT2D eigenvalue weighted by Crippen LogP contribution is 2.53. The Balaban J connectivity index is 1.15. The number of allylic oxidation sites excluding steroid dienone is 1. The fraction of sp³-hybridized carbons (Fsp3) is 0.0980. The van der Waals surface area contributed by atoms with Crippen molar-refractivity contribution in [3.05, 3.63) is 168 Å². The number of benzene rings is 8. The van der Waals surface area contributed by atoms with Gasteiger partial charge >= 0.3 is 0 Å².